The average Bonchev–Trinajstić information content (AvgIpc) is 3.14. The molecule has 3 rings (SSSR count). The average molecular weight is 352 g/mol. The molecule has 2 aromatic rings. The molecular formula is C18H19F3N2O2. The molecule has 1 unspecified atom stereocenters. The van der Waals surface area contributed by atoms with Gasteiger partial charge in [-0.1, -0.05) is 23.4 Å². The lowest BCUT2D eigenvalue weighted by atomic mass is 9.91. The zero-order valence-electron chi connectivity index (χ0n) is 13.6. The molecule has 0 aliphatic carbocycles. The van der Waals surface area contributed by atoms with Gasteiger partial charge in [0.1, 0.15) is 6.26 Å². The molecule has 0 saturated carbocycles. The Bertz CT molecular complexity index is 713. The minimum absolute atomic E-state index is 0.155. The largest absolute Gasteiger partial charge is 0.416 e. The number of nitrogens with zero attached hydrogens (tertiary/aromatic N) is 2. The third-order valence-electron chi connectivity index (χ3n) is 4.56. The number of benzene rings is 1. The summed E-state index contributed by atoms with van der Waals surface area (Å²) >= 11 is 0. The lowest BCUT2D eigenvalue weighted by Crippen LogP contribution is -2.40. The number of hydrogen-bond donors (Lipinski definition) is 0. The van der Waals surface area contributed by atoms with E-state index in [9.17, 15) is 18.0 Å². The topological polar surface area (TPSA) is 46.3 Å². The first kappa shape index (κ1) is 17.5. The molecular weight excluding hydrogens is 333 g/mol. The summed E-state index contributed by atoms with van der Waals surface area (Å²) in [4.78, 5) is 14.1. The summed E-state index contributed by atoms with van der Waals surface area (Å²) in [5, 5.41) is 3.67. The lowest BCUT2D eigenvalue weighted by molar-refractivity contribution is -0.137. The Kier molecular flexibility index (Phi) is 5.11. The zero-order valence-corrected chi connectivity index (χ0v) is 13.6. The van der Waals surface area contributed by atoms with Gasteiger partial charge in [0.2, 0.25) is 0 Å². The Morgan fingerprint density at radius 2 is 2.16 bits per heavy atom. The molecule has 1 aromatic heterocycles. The SMILES string of the molecule is O=C(c1ccon1)N1CCCC(CCc2cccc(C(F)(F)F)c2)C1. The number of likely N-dealkylation sites (tertiary alicyclic amines) is 1. The van der Waals surface area contributed by atoms with E-state index in [1.807, 2.05) is 0 Å². The van der Waals surface area contributed by atoms with Crippen molar-refractivity contribution < 1.29 is 22.5 Å². The molecule has 1 amide bonds. The summed E-state index contributed by atoms with van der Waals surface area (Å²) in [7, 11) is 0. The molecule has 1 saturated heterocycles. The van der Waals surface area contributed by atoms with E-state index in [1.165, 1.54) is 24.5 Å². The van der Waals surface area contributed by atoms with Crippen LogP contribution < -0.4 is 0 Å². The van der Waals surface area contributed by atoms with Gasteiger partial charge < -0.3 is 9.42 Å². The molecule has 1 aliphatic heterocycles. The number of rotatable bonds is 4. The quantitative estimate of drug-likeness (QED) is 0.829. The van der Waals surface area contributed by atoms with Crippen LogP contribution in [0.25, 0.3) is 0 Å². The summed E-state index contributed by atoms with van der Waals surface area (Å²) in [6.45, 7) is 1.27. The maximum atomic E-state index is 12.8. The standard InChI is InChI=1S/C18H19F3N2O2/c19-18(20,21)15-5-1-3-13(11-15)6-7-14-4-2-9-23(12-14)17(24)16-8-10-25-22-16/h1,3,5,8,10-11,14H,2,4,6-7,9,12H2. The second kappa shape index (κ2) is 7.29. The molecule has 25 heavy (non-hydrogen) atoms. The summed E-state index contributed by atoms with van der Waals surface area (Å²) in [6, 6.07) is 6.99. The minimum atomic E-state index is -4.32. The first-order valence-electron chi connectivity index (χ1n) is 8.29. The molecule has 0 spiro atoms. The molecule has 1 aromatic carbocycles. The highest BCUT2D eigenvalue weighted by Gasteiger charge is 2.30. The summed E-state index contributed by atoms with van der Waals surface area (Å²) in [5.74, 6) is 0.122. The van der Waals surface area contributed by atoms with Gasteiger partial charge in [0, 0.05) is 19.2 Å². The van der Waals surface area contributed by atoms with Crippen LogP contribution in [0.4, 0.5) is 13.2 Å². The number of halogens is 3. The Morgan fingerprint density at radius 3 is 2.88 bits per heavy atom. The van der Waals surface area contributed by atoms with Gasteiger partial charge in [0.05, 0.1) is 5.56 Å². The van der Waals surface area contributed by atoms with Gasteiger partial charge in [-0.15, -0.1) is 0 Å². The molecule has 2 heterocycles. The molecule has 0 N–H and O–H groups in total. The van der Waals surface area contributed by atoms with Gasteiger partial charge in [-0.25, -0.2) is 0 Å². The second-order valence-electron chi connectivity index (χ2n) is 6.38. The molecule has 134 valence electrons. The van der Waals surface area contributed by atoms with Gasteiger partial charge in [0.25, 0.3) is 5.91 Å². The van der Waals surface area contributed by atoms with Crippen molar-refractivity contribution in [2.45, 2.75) is 31.9 Å². The fourth-order valence-corrected chi connectivity index (χ4v) is 3.24. The highest BCUT2D eigenvalue weighted by molar-refractivity contribution is 5.92. The van der Waals surface area contributed by atoms with E-state index in [2.05, 4.69) is 5.16 Å². The van der Waals surface area contributed by atoms with Crippen molar-refractivity contribution in [3.05, 3.63) is 53.4 Å². The fraction of sp³-hybridized carbons (Fsp3) is 0.444. The third-order valence-corrected chi connectivity index (χ3v) is 4.56. The Labute approximate surface area is 143 Å². The van der Waals surface area contributed by atoms with Gasteiger partial charge in [-0.3, -0.25) is 4.79 Å². The van der Waals surface area contributed by atoms with Crippen LogP contribution in [-0.4, -0.2) is 29.1 Å². The van der Waals surface area contributed by atoms with E-state index in [1.54, 1.807) is 11.0 Å². The van der Waals surface area contributed by atoms with Crippen LogP contribution in [0.3, 0.4) is 0 Å². The smallest absolute Gasteiger partial charge is 0.364 e. The predicted octanol–water partition coefficient (Wildman–Crippen LogP) is 4.18. The molecule has 0 radical (unpaired) electrons. The molecule has 4 nitrogen and oxygen atoms in total. The molecule has 7 heteroatoms. The van der Waals surface area contributed by atoms with Crippen molar-refractivity contribution in [2.75, 3.05) is 13.1 Å². The van der Waals surface area contributed by atoms with Gasteiger partial charge in [-0.2, -0.15) is 13.2 Å². The van der Waals surface area contributed by atoms with E-state index in [-0.39, 0.29) is 11.8 Å². The van der Waals surface area contributed by atoms with Crippen LogP contribution in [0.1, 0.15) is 40.9 Å². The van der Waals surface area contributed by atoms with Gasteiger partial charge in [-0.05, 0) is 43.2 Å². The van der Waals surface area contributed by atoms with Crippen molar-refractivity contribution in [1.82, 2.24) is 10.1 Å². The number of carbonyl (C=O) groups is 1. The normalized spacial score (nSPS) is 18.4. The monoisotopic (exact) mass is 352 g/mol. The Morgan fingerprint density at radius 1 is 1.32 bits per heavy atom. The van der Waals surface area contributed by atoms with E-state index >= 15 is 0 Å². The molecule has 1 atom stereocenters. The van der Waals surface area contributed by atoms with Gasteiger partial charge >= 0.3 is 6.18 Å². The van der Waals surface area contributed by atoms with Crippen LogP contribution in [0.15, 0.2) is 41.1 Å². The Hall–Kier alpha value is -2.31. The van der Waals surface area contributed by atoms with Gasteiger partial charge in [0.15, 0.2) is 5.69 Å². The number of hydrogen-bond acceptors (Lipinski definition) is 3. The van der Waals surface area contributed by atoms with Crippen LogP contribution in [0.2, 0.25) is 0 Å². The number of alkyl halides is 3. The zero-order chi connectivity index (χ0) is 17.9. The molecule has 1 fully saturated rings. The third kappa shape index (κ3) is 4.41. The molecule has 0 bridgehead atoms. The predicted molar refractivity (Wildman–Crippen MR) is 84.9 cm³/mol. The van der Waals surface area contributed by atoms with Crippen LogP contribution >= 0.6 is 0 Å². The van der Waals surface area contributed by atoms with Crippen LogP contribution in [-0.2, 0) is 12.6 Å². The highest BCUT2D eigenvalue weighted by atomic mass is 19.4. The van der Waals surface area contributed by atoms with Crippen LogP contribution in [0.5, 0.6) is 0 Å². The second-order valence-corrected chi connectivity index (χ2v) is 6.38. The molecule has 1 aliphatic rings. The van der Waals surface area contributed by atoms with E-state index in [0.29, 0.717) is 30.8 Å². The first-order valence-corrected chi connectivity index (χ1v) is 8.29. The van der Waals surface area contributed by atoms with Crippen molar-refractivity contribution in [3.63, 3.8) is 0 Å². The van der Waals surface area contributed by atoms with E-state index in [4.69, 9.17) is 4.52 Å². The summed E-state index contributed by atoms with van der Waals surface area (Å²) < 4.78 is 43.0. The maximum absolute atomic E-state index is 12.8. The fourth-order valence-electron chi connectivity index (χ4n) is 3.24. The minimum Gasteiger partial charge on any atom is -0.364 e. The van der Waals surface area contributed by atoms with Crippen molar-refractivity contribution in [3.8, 4) is 0 Å². The number of piperidine rings is 1. The van der Waals surface area contributed by atoms with Crippen molar-refractivity contribution >= 4 is 5.91 Å². The van der Waals surface area contributed by atoms with Crippen molar-refractivity contribution in [1.29, 1.82) is 0 Å². The summed E-state index contributed by atoms with van der Waals surface area (Å²) in [5.41, 5.74) is 0.352. The lowest BCUT2D eigenvalue weighted by Gasteiger charge is -2.32. The number of carbonyl (C=O) groups excluding carboxylic acids is 1. The number of aryl methyl sites for hydroxylation is 1. The first-order chi connectivity index (χ1) is 11.9. The summed E-state index contributed by atoms with van der Waals surface area (Å²) in [6.07, 6.45) is 0.229. The Balaban J connectivity index is 1.57. The number of amides is 1. The van der Waals surface area contributed by atoms with Crippen molar-refractivity contribution in [2.24, 2.45) is 5.92 Å². The van der Waals surface area contributed by atoms with E-state index < -0.39 is 11.7 Å². The highest BCUT2D eigenvalue weighted by Crippen LogP contribution is 2.30. The maximum Gasteiger partial charge on any atom is 0.416 e. The number of aromatic nitrogens is 1. The van der Waals surface area contributed by atoms with Crippen LogP contribution in [0, 0.1) is 5.92 Å². The van der Waals surface area contributed by atoms with E-state index in [0.717, 1.165) is 25.3 Å².